The summed E-state index contributed by atoms with van der Waals surface area (Å²) < 4.78 is 5.48. The highest BCUT2D eigenvalue weighted by Crippen LogP contribution is 2.16. The molecule has 0 aliphatic rings. The molecule has 104 valence electrons. The molecule has 2 aromatic rings. The molecule has 0 fully saturated rings. The lowest BCUT2D eigenvalue weighted by Crippen LogP contribution is -2.05. The first-order chi connectivity index (χ1) is 9.69. The number of carbonyl (C=O) groups excluding carboxylic acids is 1. The van der Waals surface area contributed by atoms with E-state index in [1.54, 1.807) is 30.6 Å². The first-order valence-electron chi connectivity index (χ1n) is 6.54. The molecule has 0 bridgehead atoms. The molecule has 0 N–H and O–H groups in total. The largest absolute Gasteiger partial charge is 0.492 e. The molecule has 2 rings (SSSR count). The van der Waals surface area contributed by atoms with E-state index in [9.17, 15) is 4.79 Å². The highest BCUT2D eigenvalue weighted by molar-refractivity contribution is 6.30. The van der Waals surface area contributed by atoms with E-state index in [-0.39, 0.29) is 5.78 Å². The van der Waals surface area contributed by atoms with Gasteiger partial charge in [-0.15, -0.1) is 0 Å². The number of halogens is 1. The lowest BCUT2D eigenvalue weighted by molar-refractivity contribution is 0.0992. The van der Waals surface area contributed by atoms with Crippen LogP contribution in [0.4, 0.5) is 0 Å². The number of hydrogen-bond donors (Lipinski definition) is 0. The molecule has 0 aliphatic carbocycles. The molecule has 20 heavy (non-hydrogen) atoms. The Hall–Kier alpha value is -1.87. The molecular formula is C16H16ClNO2. The maximum absolute atomic E-state index is 12.2. The first kappa shape index (κ1) is 14.5. The number of ketones is 1. The van der Waals surface area contributed by atoms with Crippen LogP contribution in [0, 0.1) is 0 Å². The smallest absolute Gasteiger partial charge is 0.168 e. The van der Waals surface area contributed by atoms with Crippen molar-refractivity contribution < 1.29 is 9.53 Å². The van der Waals surface area contributed by atoms with Crippen molar-refractivity contribution in [2.75, 3.05) is 6.61 Å². The Labute approximate surface area is 123 Å². The van der Waals surface area contributed by atoms with Gasteiger partial charge in [0.15, 0.2) is 5.78 Å². The fraction of sp³-hybridized carbons (Fsp3) is 0.250. The fourth-order valence-corrected chi connectivity index (χ4v) is 2.02. The lowest BCUT2D eigenvalue weighted by atomic mass is 10.0. The molecule has 0 aliphatic heterocycles. The fourth-order valence-electron chi connectivity index (χ4n) is 1.80. The first-order valence-corrected chi connectivity index (χ1v) is 6.92. The van der Waals surface area contributed by atoms with E-state index in [4.69, 9.17) is 16.3 Å². The third-order valence-corrected chi connectivity index (χ3v) is 3.00. The zero-order chi connectivity index (χ0) is 14.4. The summed E-state index contributed by atoms with van der Waals surface area (Å²) in [6.45, 7) is 2.65. The third kappa shape index (κ3) is 4.07. The van der Waals surface area contributed by atoms with Gasteiger partial charge in [0.2, 0.25) is 0 Å². The Morgan fingerprint density at radius 2 is 2.15 bits per heavy atom. The molecule has 0 saturated heterocycles. The predicted octanol–water partition coefficient (Wildman–Crippen LogP) is 3.95. The molecule has 3 nitrogen and oxygen atoms in total. The molecule has 1 heterocycles. The minimum atomic E-state index is 0.00159. The van der Waals surface area contributed by atoms with E-state index in [0.29, 0.717) is 29.4 Å². The van der Waals surface area contributed by atoms with E-state index < -0.39 is 0 Å². The van der Waals surface area contributed by atoms with Crippen molar-refractivity contribution in [3.8, 4) is 5.75 Å². The zero-order valence-electron chi connectivity index (χ0n) is 11.3. The maximum Gasteiger partial charge on any atom is 0.168 e. The van der Waals surface area contributed by atoms with Gasteiger partial charge < -0.3 is 4.74 Å². The van der Waals surface area contributed by atoms with Gasteiger partial charge in [0.1, 0.15) is 5.75 Å². The van der Waals surface area contributed by atoms with Crippen molar-refractivity contribution in [3.63, 3.8) is 0 Å². The summed E-state index contributed by atoms with van der Waals surface area (Å²) in [5.41, 5.74) is 1.45. The van der Waals surface area contributed by atoms with Crippen LogP contribution in [0.25, 0.3) is 0 Å². The third-order valence-electron chi connectivity index (χ3n) is 2.76. The summed E-state index contributed by atoms with van der Waals surface area (Å²) in [6, 6.07) is 9.04. The van der Waals surface area contributed by atoms with Gasteiger partial charge in [0.05, 0.1) is 12.8 Å². The van der Waals surface area contributed by atoms with Crippen molar-refractivity contribution >= 4 is 17.4 Å². The van der Waals surface area contributed by atoms with Crippen molar-refractivity contribution in [2.24, 2.45) is 0 Å². The quantitative estimate of drug-likeness (QED) is 0.756. The van der Waals surface area contributed by atoms with Crippen LogP contribution in [-0.4, -0.2) is 17.4 Å². The van der Waals surface area contributed by atoms with Crippen molar-refractivity contribution in [1.29, 1.82) is 0 Å². The average molecular weight is 290 g/mol. The monoisotopic (exact) mass is 289 g/mol. The van der Waals surface area contributed by atoms with Crippen LogP contribution in [0.3, 0.4) is 0 Å². The van der Waals surface area contributed by atoms with Crippen LogP contribution < -0.4 is 4.74 Å². The highest BCUT2D eigenvalue weighted by atomic mass is 35.5. The molecule has 0 unspecified atom stereocenters. The Bertz CT molecular complexity index is 599. The SMILES string of the molecule is CCCOc1cncc(C(=O)Cc2cccc(Cl)c2)c1. The summed E-state index contributed by atoms with van der Waals surface area (Å²) >= 11 is 5.91. The van der Waals surface area contributed by atoms with Gasteiger partial charge in [-0.1, -0.05) is 30.7 Å². The van der Waals surface area contributed by atoms with Gasteiger partial charge in [-0.25, -0.2) is 0 Å². The lowest BCUT2D eigenvalue weighted by Gasteiger charge is -2.06. The van der Waals surface area contributed by atoms with Crippen molar-refractivity contribution in [1.82, 2.24) is 4.98 Å². The summed E-state index contributed by atoms with van der Waals surface area (Å²) in [4.78, 5) is 16.3. The van der Waals surface area contributed by atoms with Gasteiger partial charge in [-0.05, 0) is 30.2 Å². The van der Waals surface area contributed by atoms with Gasteiger partial charge in [0, 0.05) is 23.2 Å². The Morgan fingerprint density at radius 1 is 1.30 bits per heavy atom. The number of hydrogen-bond acceptors (Lipinski definition) is 3. The second-order valence-corrected chi connectivity index (χ2v) is 4.92. The van der Waals surface area contributed by atoms with Crippen LogP contribution in [0.15, 0.2) is 42.7 Å². The topological polar surface area (TPSA) is 39.2 Å². The molecule has 0 spiro atoms. The van der Waals surface area contributed by atoms with Crippen molar-refractivity contribution in [2.45, 2.75) is 19.8 Å². The van der Waals surface area contributed by atoms with E-state index in [0.717, 1.165) is 12.0 Å². The summed E-state index contributed by atoms with van der Waals surface area (Å²) in [7, 11) is 0. The second kappa shape index (κ2) is 7.06. The number of benzene rings is 1. The Balaban J connectivity index is 2.09. The molecule has 0 amide bonds. The number of pyridine rings is 1. The highest BCUT2D eigenvalue weighted by Gasteiger charge is 2.09. The summed E-state index contributed by atoms with van der Waals surface area (Å²) in [6.07, 6.45) is 4.40. The maximum atomic E-state index is 12.2. The number of nitrogens with zero attached hydrogens (tertiary/aromatic N) is 1. The minimum Gasteiger partial charge on any atom is -0.492 e. The van der Waals surface area contributed by atoms with E-state index in [2.05, 4.69) is 4.98 Å². The van der Waals surface area contributed by atoms with E-state index in [1.165, 1.54) is 0 Å². The van der Waals surface area contributed by atoms with Crippen molar-refractivity contribution in [3.05, 3.63) is 58.9 Å². The zero-order valence-corrected chi connectivity index (χ0v) is 12.1. The van der Waals surface area contributed by atoms with Gasteiger partial charge >= 0.3 is 0 Å². The molecule has 4 heteroatoms. The van der Waals surface area contributed by atoms with Gasteiger partial charge in [-0.3, -0.25) is 9.78 Å². The van der Waals surface area contributed by atoms with Crippen LogP contribution in [0.5, 0.6) is 5.75 Å². The van der Waals surface area contributed by atoms with Gasteiger partial charge in [-0.2, -0.15) is 0 Å². The van der Waals surface area contributed by atoms with Crippen LogP contribution in [0.1, 0.15) is 29.3 Å². The number of rotatable bonds is 6. The summed E-state index contributed by atoms with van der Waals surface area (Å²) in [5.74, 6) is 0.630. The normalized spacial score (nSPS) is 10.3. The molecule has 0 atom stereocenters. The van der Waals surface area contributed by atoms with Crippen LogP contribution >= 0.6 is 11.6 Å². The van der Waals surface area contributed by atoms with Gasteiger partial charge in [0.25, 0.3) is 0 Å². The number of Topliss-reactive ketones (excluding diaryl/α,β-unsaturated/α-hetero) is 1. The minimum absolute atomic E-state index is 0.00159. The van der Waals surface area contributed by atoms with E-state index >= 15 is 0 Å². The Morgan fingerprint density at radius 3 is 2.90 bits per heavy atom. The van der Waals surface area contributed by atoms with Crippen LogP contribution in [-0.2, 0) is 6.42 Å². The number of carbonyl (C=O) groups is 1. The van der Waals surface area contributed by atoms with Crippen LogP contribution in [0.2, 0.25) is 5.02 Å². The number of ether oxygens (including phenoxy) is 1. The Kier molecular flexibility index (Phi) is 5.13. The molecule has 1 aromatic heterocycles. The summed E-state index contributed by atoms with van der Waals surface area (Å²) in [5, 5.41) is 0.633. The average Bonchev–Trinajstić information content (AvgIpc) is 2.45. The molecular weight excluding hydrogens is 274 g/mol. The molecule has 0 radical (unpaired) electrons. The molecule has 1 aromatic carbocycles. The predicted molar refractivity (Wildman–Crippen MR) is 79.5 cm³/mol. The van der Waals surface area contributed by atoms with E-state index in [1.807, 2.05) is 19.1 Å². The number of aromatic nitrogens is 1. The standard InChI is InChI=1S/C16H16ClNO2/c1-2-6-20-15-9-13(10-18-11-15)16(19)8-12-4-3-5-14(17)7-12/h3-5,7,9-11H,2,6,8H2,1H3. The molecule has 0 saturated carbocycles. The second-order valence-electron chi connectivity index (χ2n) is 4.49.